The van der Waals surface area contributed by atoms with Gasteiger partial charge in [-0.2, -0.15) is 0 Å². The van der Waals surface area contributed by atoms with E-state index < -0.39 is 0 Å². The van der Waals surface area contributed by atoms with Crippen molar-refractivity contribution in [1.29, 1.82) is 0 Å². The zero-order valence-corrected chi connectivity index (χ0v) is 13.0. The van der Waals surface area contributed by atoms with E-state index in [1.807, 2.05) is 55.5 Å². The molecule has 0 saturated heterocycles. The fourth-order valence-electron chi connectivity index (χ4n) is 2.05. The minimum absolute atomic E-state index is 0.134. The zero-order chi connectivity index (χ0) is 15.9. The number of aryl methyl sites for hydroxylation is 1. The second-order valence-corrected chi connectivity index (χ2v) is 4.93. The molecule has 4 heteroatoms. The van der Waals surface area contributed by atoms with Crippen molar-refractivity contribution in [3.8, 4) is 5.75 Å². The van der Waals surface area contributed by atoms with Crippen LogP contribution >= 0.6 is 0 Å². The number of para-hydroxylation sites is 1. The fourth-order valence-corrected chi connectivity index (χ4v) is 2.05. The molecule has 0 aliphatic carbocycles. The number of Topliss-reactive ketones (excluding diaryl/α,β-unsaturated/α-hetero) is 1. The molecule has 0 amide bonds. The number of nitrogens with zero attached hydrogens (tertiary/aromatic N) is 1. The van der Waals surface area contributed by atoms with Gasteiger partial charge >= 0.3 is 0 Å². The SMILES string of the molecule is CO/N=C(\C(C)=O)c1ccc(COc2ccccc2C)cc1. The highest BCUT2D eigenvalue weighted by Crippen LogP contribution is 2.18. The quantitative estimate of drug-likeness (QED) is 0.605. The highest BCUT2D eigenvalue weighted by molar-refractivity contribution is 6.45. The topological polar surface area (TPSA) is 47.9 Å². The zero-order valence-electron chi connectivity index (χ0n) is 13.0. The molecule has 0 fully saturated rings. The smallest absolute Gasteiger partial charge is 0.182 e. The largest absolute Gasteiger partial charge is 0.489 e. The van der Waals surface area contributed by atoms with E-state index in [2.05, 4.69) is 5.16 Å². The molecular weight excluding hydrogens is 278 g/mol. The van der Waals surface area contributed by atoms with Gasteiger partial charge in [-0.1, -0.05) is 47.6 Å². The van der Waals surface area contributed by atoms with Crippen molar-refractivity contribution in [1.82, 2.24) is 0 Å². The Hall–Kier alpha value is -2.62. The molecule has 0 bridgehead atoms. The molecule has 0 aliphatic heterocycles. The molecular formula is C18H19NO3. The third kappa shape index (κ3) is 3.95. The third-order valence-electron chi connectivity index (χ3n) is 3.23. The summed E-state index contributed by atoms with van der Waals surface area (Å²) < 4.78 is 5.80. The van der Waals surface area contributed by atoms with Gasteiger partial charge in [0.15, 0.2) is 11.5 Å². The standard InChI is InChI=1S/C18H19NO3/c1-13-6-4-5-7-17(13)22-12-15-8-10-16(11-9-15)18(14(2)20)19-21-3/h4-11H,12H2,1-3H3/b19-18+. The average molecular weight is 297 g/mol. The van der Waals surface area contributed by atoms with Gasteiger partial charge < -0.3 is 9.57 Å². The average Bonchev–Trinajstić information content (AvgIpc) is 2.52. The van der Waals surface area contributed by atoms with Crippen molar-refractivity contribution in [3.63, 3.8) is 0 Å². The normalized spacial score (nSPS) is 11.1. The van der Waals surface area contributed by atoms with Crippen LogP contribution in [-0.4, -0.2) is 18.6 Å². The molecule has 4 nitrogen and oxygen atoms in total. The van der Waals surface area contributed by atoms with Crippen molar-refractivity contribution in [2.75, 3.05) is 7.11 Å². The molecule has 0 radical (unpaired) electrons. The van der Waals surface area contributed by atoms with Crippen LogP contribution in [0.15, 0.2) is 53.7 Å². The van der Waals surface area contributed by atoms with Crippen LogP contribution in [0, 0.1) is 6.92 Å². The lowest BCUT2D eigenvalue weighted by Crippen LogP contribution is -2.12. The van der Waals surface area contributed by atoms with E-state index in [0.717, 1.165) is 22.4 Å². The molecule has 114 valence electrons. The lowest BCUT2D eigenvalue weighted by Gasteiger charge is -2.09. The van der Waals surface area contributed by atoms with Gasteiger partial charge in [-0.25, -0.2) is 0 Å². The molecule has 2 rings (SSSR count). The summed E-state index contributed by atoms with van der Waals surface area (Å²) in [6.07, 6.45) is 0. The Morgan fingerprint density at radius 2 is 1.77 bits per heavy atom. The van der Waals surface area contributed by atoms with Gasteiger partial charge in [-0.05, 0) is 24.1 Å². The summed E-state index contributed by atoms with van der Waals surface area (Å²) in [5.41, 5.74) is 3.17. The Morgan fingerprint density at radius 1 is 1.09 bits per heavy atom. The fraction of sp³-hybridized carbons (Fsp3) is 0.222. The summed E-state index contributed by atoms with van der Waals surface area (Å²) in [6.45, 7) is 3.95. The van der Waals surface area contributed by atoms with Gasteiger partial charge in [-0.15, -0.1) is 0 Å². The van der Waals surface area contributed by atoms with Gasteiger partial charge in [0.05, 0.1) is 0 Å². The van der Waals surface area contributed by atoms with Gasteiger partial charge in [0.1, 0.15) is 19.5 Å². The van der Waals surface area contributed by atoms with Crippen molar-refractivity contribution < 1.29 is 14.4 Å². The second kappa shape index (κ2) is 7.41. The molecule has 22 heavy (non-hydrogen) atoms. The van der Waals surface area contributed by atoms with Crippen molar-refractivity contribution in [2.45, 2.75) is 20.5 Å². The lowest BCUT2D eigenvalue weighted by molar-refractivity contribution is -0.111. The number of oxime groups is 1. The molecule has 2 aromatic carbocycles. The lowest BCUT2D eigenvalue weighted by atomic mass is 10.1. The van der Waals surface area contributed by atoms with Crippen molar-refractivity contribution in [3.05, 3.63) is 65.2 Å². The van der Waals surface area contributed by atoms with E-state index in [0.29, 0.717) is 12.3 Å². The monoisotopic (exact) mass is 297 g/mol. The summed E-state index contributed by atoms with van der Waals surface area (Å²) in [6, 6.07) is 15.4. The van der Waals surface area contributed by atoms with E-state index >= 15 is 0 Å². The van der Waals surface area contributed by atoms with E-state index in [1.165, 1.54) is 14.0 Å². The predicted octanol–water partition coefficient (Wildman–Crippen LogP) is 3.51. The van der Waals surface area contributed by atoms with Crippen LogP contribution in [-0.2, 0) is 16.2 Å². The molecule has 0 atom stereocenters. The Balaban J connectivity index is 2.08. The first-order chi connectivity index (χ1) is 10.6. The first-order valence-electron chi connectivity index (χ1n) is 7.01. The van der Waals surface area contributed by atoms with Crippen LogP contribution in [0.25, 0.3) is 0 Å². The molecule has 0 N–H and O–H groups in total. The third-order valence-corrected chi connectivity index (χ3v) is 3.23. The minimum Gasteiger partial charge on any atom is -0.489 e. The maximum absolute atomic E-state index is 11.5. The van der Waals surface area contributed by atoms with Crippen LogP contribution in [0.2, 0.25) is 0 Å². The highest BCUT2D eigenvalue weighted by atomic mass is 16.6. The van der Waals surface area contributed by atoms with Crippen LogP contribution < -0.4 is 4.74 Å². The summed E-state index contributed by atoms with van der Waals surface area (Å²) in [4.78, 5) is 16.2. The number of ether oxygens (including phenoxy) is 1. The number of benzene rings is 2. The van der Waals surface area contributed by atoms with Gasteiger partial charge in [0.25, 0.3) is 0 Å². The number of carbonyl (C=O) groups is 1. The maximum Gasteiger partial charge on any atom is 0.182 e. The highest BCUT2D eigenvalue weighted by Gasteiger charge is 2.10. The van der Waals surface area contributed by atoms with E-state index in [1.54, 1.807) is 0 Å². The summed E-state index contributed by atoms with van der Waals surface area (Å²) >= 11 is 0. The van der Waals surface area contributed by atoms with E-state index in [9.17, 15) is 4.79 Å². The van der Waals surface area contributed by atoms with Crippen LogP contribution in [0.3, 0.4) is 0 Å². The van der Waals surface area contributed by atoms with E-state index in [4.69, 9.17) is 9.57 Å². The molecule has 0 aromatic heterocycles. The molecule has 0 saturated carbocycles. The Morgan fingerprint density at radius 3 is 2.36 bits per heavy atom. The number of ketones is 1. The summed E-state index contributed by atoms with van der Waals surface area (Å²) in [5.74, 6) is 0.739. The number of hydrogen-bond acceptors (Lipinski definition) is 4. The van der Waals surface area contributed by atoms with Gasteiger partial charge in [0.2, 0.25) is 0 Å². The number of hydrogen-bond donors (Lipinski definition) is 0. The Bertz CT molecular complexity index is 675. The molecule has 2 aromatic rings. The Kier molecular flexibility index (Phi) is 5.31. The molecule has 0 unspecified atom stereocenters. The van der Waals surface area contributed by atoms with Crippen molar-refractivity contribution >= 4 is 11.5 Å². The molecule has 0 heterocycles. The summed E-state index contributed by atoms with van der Waals surface area (Å²) in [5, 5.41) is 3.76. The number of rotatable bonds is 6. The molecule has 0 aliphatic rings. The molecule has 0 spiro atoms. The first kappa shape index (κ1) is 15.8. The van der Waals surface area contributed by atoms with Gasteiger partial charge in [0, 0.05) is 12.5 Å². The van der Waals surface area contributed by atoms with Crippen molar-refractivity contribution in [2.24, 2.45) is 5.16 Å². The van der Waals surface area contributed by atoms with Gasteiger partial charge in [-0.3, -0.25) is 4.79 Å². The predicted molar refractivity (Wildman–Crippen MR) is 86.2 cm³/mol. The summed E-state index contributed by atoms with van der Waals surface area (Å²) in [7, 11) is 1.42. The number of carbonyl (C=O) groups excluding carboxylic acids is 1. The Labute approximate surface area is 130 Å². The van der Waals surface area contributed by atoms with Crippen LogP contribution in [0.1, 0.15) is 23.6 Å². The van der Waals surface area contributed by atoms with E-state index in [-0.39, 0.29) is 5.78 Å². The van der Waals surface area contributed by atoms with Crippen LogP contribution in [0.5, 0.6) is 5.75 Å². The van der Waals surface area contributed by atoms with Crippen LogP contribution in [0.4, 0.5) is 0 Å². The maximum atomic E-state index is 11.5. The minimum atomic E-state index is -0.134. The second-order valence-electron chi connectivity index (χ2n) is 4.93. The first-order valence-corrected chi connectivity index (χ1v) is 7.01.